The van der Waals surface area contributed by atoms with Crippen molar-refractivity contribution < 1.29 is 9.90 Å². The summed E-state index contributed by atoms with van der Waals surface area (Å²) in [4.78, 5) is 13.7. The van der Waals surface area contributed by atoms with E-state index >= 15 is 0 Å². The van der Waals surface area contributed by atoms with E-state index in [0.29, 0.717) is 12.3 Å². The molecule has 4 heteroatoms. The molecule has 15 heavy (non-hydrogen) atoms. The second-order valence-electron chi connectivity index (χ2n) is 4.18. The van der Waals surface area contributed by atoms with Crippen molar-refractivity contribution in [3.63, 3.8) is 0 Å². The molecule has 0 aromatic carbocycles. The number of amides is 1. The molecule has 0 bridgehead atoms. The number of halogens is 1. The molecule has 0 aromatic heterocycles. The number of aliphatic hydroxyl groups excluding tert-OH is 1. The highest BCUT2D eigenvalue weighted by Gasteiger charge is 2.22. The first kappa shape index (κ1) is 13.0. The Morgan fingerprint density at radius 1 is 1.47 bits per heavy atom. The molecule has 1 aliphatic heterocycles. The lowest BCUT2D eigenvalue weighted by atomic mass is 9.98. The fourth-order valence-electron chi connectivity index (χ4n) is 1.97. The summed E-state index contributed by atoms with van der Waals surface area (Å²) in [5.41, 5.74) is 0. The van der Waals surface area contributed by atoms with Crippen molar-refractivity contribution in [1.29, 1.82) is 0 Å². The predicted molar refractivity (Wildman–Crippen MR) is 64.0 cm³/mol. The molecule has 0 aromatic rings. The summed E-state index contributed by atoms with van der Waals surface area (Å²) in [7, 11) is 0. The molecule has 0 aliphatic carbocycles. The van der Waals surface area contributed by atoms with E-state index in [1.807, 2.05) is 4.90 Å². The summed E-state index contributed by atoms with van der Waals surface area (Å²) in [6.45, 7) is 1.85. The maximum atomic E-state index is 11.8. The summed E-state index contributed by atoms with van der Waals surface area (Å²) in [5.74, 6) is 0.563. The van der Waals surface area contributed by atoms with Gasteiger partial charge in [-0.3, -0.25) is 4.79 Å². The number of carbonyl (C=O) groups excluding carboxylic acids is 1. The zero-order chi connectivity index (χ0) is 11.1. The molecule has 0 spiro atoms. The molecule has 1 amide bonds. The maximum Gasteiger partial charge on any atom is 0.222 e. The second-order valence-corrected chi connectivity index (χ2v) is 4.97. The topological polar surface area (TPSA) is 40.5 Å². The summed E-state index contributed by atoms with van der Waals surface area (Å²) in [6, 6.07) is 0. The van der Waals surface area contributed by atoms with Gasteiger partial charge in [-0.2, -0.15) is 0 Å². The van der Waals surface area contributed by atoms with Crippen LogP contribution < -0.4 is 0 Å². The van der Waals surface area contributed by atoms with Crippen molar-refractivity contribution in [3.05, 3.63) is 0 Å². The molecule has 3 nitrogen and oxygen atoms in total. The van der Waals surface area contributed by atoms with Crippen LogP contribution in [0.3, 0.4) is 0 Å². The number of unbranched alkanes of at least 4 members (excludes halogenated alkanes) is 1. The van der Waals surface area contributed by atoms with E-state index in [2.05, 4.69) is 15.9 Å². The third-order valence-corrected chi connectivity index (χ3v) is 3.46. The van der Waals surface area contributed by atoms with E-state index in [1.54, 1.807) is 0 Å². The van der Waals surface area contributed by atoms with Crippen molar-refractivity contribution >= 4 is 21.8 Å². The van der Waals surface area contributed by atoms with Crippen LogP contribution in [0.2, 0.25) is 0 Å². The molecule has 1 aliphatic rings. The SMILES string of the molecule is O=C(CCCCBr)N1CCCC(CO)C1. The van der Waals surface area contributed by atoms with Gasteiger partial charge in [0.15, 0.2) is 0 Å². The van der Waals surface area contributed by atoms with Gasteiger partial charge in [0.1, 0.15) is 0 Å². The molecular formula is C11H20BrNO2. The highest BCUT2D eigenvalue weighted by molar-refractivity contribution is 9.09. The van der Waals surface area contributed by atoms with Gasteiger partial charge >= 0.3 is 0 Å². The largest absolute Gasteiger partial charge is 0.396 e. The minimum atomic E-state index is 0.213. The van der Waals surface area contributed by atoms with Crippen LogP contribution in [0.5, 0.6) is 0 Å². The van der Waals surface area contributed by atoms with Gasteiger partial charge in [-0.25, -0.2) is 0 Å². The van der Waals surface area contributed by atoms with E-state index in [1.165, 1.54) is 0 Å². The van der Waals surface area contributed by atoms with Crippen LogP contribution in [0.1, 0.15) is 32.1 Å². The van der Waals surface area contributed by atoms with Crippen LogP contribution in [-0.4, -0.2) is 40.9 Å². The summed E-state index contributed by atoms with van der Waals surface area (Å²) < 4.78 is 0. The Kier molecular flexibility index (Phi) is 6.25. The molecular weight excluding hydrogens is 258 g/mol. The predicted octanol–water partition coefficient (Wildman–Crippen LogP) is 1.78. The third-order valence-electron chi connectivity index (χ3n) is 2.90. The van der Waals surface area contributed by atoms with Crippen LogP contribution in [-0.2, 0) is 4.79 Å². The molecule has 1 rings (SSSR count). The minimum absolute atomic E-state index is 0.213. The number of rotatable bonds is 5. The second kappa shape index (κ2) is 7.23. The summed E-state index contributed by atoms with van der Waals surface area (Å²) >= 11 is 3.36. The van der Waals surface area contributed by atoms with Crippen molar-refractivity contribution in [2.75, 3.05) is 25.0 Å². The van der Waals surface area contributed by atoms with Crippen LogP contribution in [0.15, 0.2) is 0 Å². The first-order valence-corrected chi connectivity index (χ1v) is 6.84. The number of likely N-dealkylation sites (tertiary alicyclic amines) is 1. The van der Waals surface area contributed by atoms with Crippen molar-refractivity contribution in [2.24, 2.45) is 5.92 Å². The van der Waals surface area contributed by atoms with E-state index in [4.69, 9.17) is 5.11 Å². The van der Waals surface area contributed by atoms with Crippen molar-refractivity contribution in [2.45, 2.75) is 32.1 Å². The van der Waals surface area contributed by atoms with Crippen LogP contribution in [0.4, 0.5) is 0 Å². The molecule has 0 saturated carbocycles. The Morgan fingerprint density at radius 2 is 2.27 bits per heavy atom. The molecule has 1 fully saturated rings. The highest BCUT2D eigenvalue weighted by Crippen LogP contribution is 2.17. The normalized spacial score (nSPS) is 21.7. The fraction of sp³-hybridized carbons (Fsp3) is 0.909. The van der Waals surface area contributed by atoms with Crippen molar-refractivity contribution in [1.82, 2.24) is 4.90 Å². The number of carbonyl (C=O) groups is 1. The Balaban J connectivity index is 2.25. The number of hydrogen-bond acceptors (Lipinski definition) is 2. The van der Waals surface area contributed by atoms with E-state index < -0.39 is 0 Å². The molecule has 1 atom stereocenters. The van der Waals surface area contributed by atoms with Gasteiger partial charge in [0.05, 0.1) is 0 Å². The van der Waals surface area contributed by atoms with Crippen LogP contribution in [0, 0.1) is 5.92 Å². The monoisotopic (exact) mass is 277 g/mol. The molecule has 0 radical (unpaired) electrons. The average Bonchev–Trinajstić information content (AvgIpc) is 2.29. The summed E-state index contributed by atoms with van der Waals surface area (Å²) in [6.07, 6.45) is 4.77. The molecule has 1 heterocycles. The zero-order valence-electron chi connectivity index (χ0n) is 9.12. The number of hydrogen-bond donors (Lipinski definition) is 1. The molecule has 1 unspecified atom stereocenters. The lowest BCUT2D eigenvalue weighted by Crippen LogP contribution is -2.40. The van der Waals surface area contributed by atoms with Gasteiger partial charge in [-0.1, -0.05) is 15.9 Å². The first-order valence-electron chi connectivity index (χ1n) is 5.72. The number of nitrogens with zero attached hydrogens (tertiary/aromatic N) is 1. The summed E-state index contributed by atoms with van der Waals surface area (Å²) in [5, 5.41) is 10.0. The Hall–Kier alpha value is -0.0900. The average molecular weight is 278 g/mol. The fourth-order valence-corrected chi connectivity index (χ4v) is 2.37. The third kappa shape index (κ3) is 4.51. The van der Waals surface area contributed by atoms with Gasteiger partial charge in [0.25, 0.3) is 0 Å². The highest BCUT2D eigenvalue weighted by atomic mass is 79.9. The Bertz CT molecular complexity index is 199. The standard InChI is InChI=1S/C11H20BrNO2/c12-6-2-1-5-11(15)13-7-3-4-10(8-13)9-14/h10,14H,1-9H2. The minimum Gasteiger partial charge on any atom is -0.396 e. The number of piperidine rings is 1. The number of alkyl halides is 1. The van der Waals surface area contributed by atoms with Gasteiger partial charge in [-0.15, -0.1) is 0 Å². The lowest BCUT2D eigenvalue weighted by molar-refractivity contribution is -0.133. The maximum absolute atomic E-state index is 11.8. The van der Waals surface area contributed by atoms with Crippen molar-refractivity contribution in [3.8, 4) is 0 Å². The van der Waals surface area contributed by atoms with E-state index in [-0.39, 0.29) is 12.5 Å². The smallest absolute Gasteiger partial charge is 0.222 e. The number of aliphatic hydroxyl groups is 1. The van der Waals surface area contributed by atoms with Crippen LogP contribution >= 0.6 is 15.9 Å². The Labute approximate surface area is 100.0 Å². The van der Waals surface area contributed by atoms with Crippen LogP contribution in [0.25, 0.3) is 0 Å². The van der Waals surface area contributed by atoms with Gasteiger partial charge in [0.2, 0.25) is 5.91 Å². The lowest BCUT2D eigenvalue weighted by Gasteiger charge is -2.31. The van der Waals surface area contributed by atoms with Gasteiger partial charge in [-0.05, 0) is 31.6 Å². The molecule has 88 valence electrons. The van der Waals surface area contributed by atoms with Gasteiger partial charge in [0, 0.05) is 31.4 Å². The molecule has 1 N–H and O–H groups in total. The zero-order valence-corrected chi connectivity index (χ0v) is 10.7. The van der Waals surface area contributed by atoms with E-state index in [9.17, 15) is 4.79 Å². The molecule has 1 saturated heterocycles. The van der Waals surface area contributed by atoms with E-state index in [0.717, 1.165) is 44.1 Å². The quantitative estimate of drug-likeness (QED) is 0.615. The van der Waals surface area contributed by atoms with Gasteiger partial charge < -0.3 is 10.0 Å². The first-order chi connectivity index (χ1) is 7.27. The Morgan fingerprint density at radius 3 is 2.93 bits per heavy atom.